The van der Waals surface area contributed by atoms with Gasteiger partial charge in [0.15, 0.2) is 5.82 Å². The highest BCUT2D eigenvalue weighted by molar-refractivity contribution is 5.94. The average Bonchev–Trinajstić information content (AvgIpc) is 3.04. The van der Waals surface area contributed by atoms with Crippen LogP contribution in [0.15, 0.2) is 66.9 Å². The molecule has 0 amide bonds. The largest absolute Gasteiger partial charge is 0.347 e. The first kappa shape index (κ1) is 21.5. The van der Waals surface area contributed by atoms with Gasteiger partial charge < -0.3 is 9.47 Å². The molecule has 1 aliphatic rings. The molecule has 3 nitrogen and oxygen atoms in total. The number of nitrogens with zero attached hydrogens (tertiary/aromatic N) is 3. The Balaban J connectivity index is 0.00000231. The minimum Gasteiger partial charge on any atom is -0.347 e. The SMILES string of the molecule is CCC1c2ccccc2CCN1c1nccc2c(C)c(C)n(Cc3ccccc3)c12.Cl. The smallest absolute Gasteiger partial charge is 0.153 e. The van der Waals surface area contributed by atoms with E-state index in [9.17, 15) is 0 Å². The van der Waals surface area contributed by atoms with Crippen molar-refractivity contribution in [3.05, 3.63) is 94.8 Å². The summed E-state index contributed by atoms with van der Waals surface area (Å²) in [4.78, 5) is 7.51. The summed E-state index contributed by atoms with van der Waals surface area (Å²) in [5, 5.41) is 1.32. The molecule has 0 spiro atoms. The number of benzene rings is 2. The maximum Gasteiger partial charge on any atom is 0.153 e. The first-order valence-corrected chi connectivity index (χ1v) is 11.0. The molecule has 0 bridgehead atoms. The first-order chi connectivity index (χ1) is 14.7. The van der Waals surface area contributed by atoms with E-state index >= 15 is 0 Å². The Morgan fingerprint density at radius 2 is 1.71 bits per heavy atom. The van der Waals surface area contributed by atoms with Crippen molar-refractivity contribution >= 4 is 29.1 Å². The van der Waals surface area contributed by atoms with Crippen LogP contribution in [0.4, 0.5) is 5.82 Å². The fourth-order valence-electron chi connectivity index (χ4n) is 5.10. The van der Waals surface area contributed by atoms with Crippen LogP contribution in [0.5, 0.6) is 0 Å². The summed E-state index contributed by atoms with van der Waals surface area (Å²) in [5.41, 5.74) is 8.22. The van der Waals surface area contributed by atoms with Gasteiger partial charge in [-0.25, -0.2) is 4.98 Å². The number of fused-ring (bicyclic) bond motifs is 2. The highest BCUT2D eigenvalue weighted by Crippen LogP contribution is 2.39. The lowest BCUT2D eigenvalue weighted by atomic mass is 9.91. The second kappa shape index (κ2) is 8.76. The van der Waals surface area contributed by atoms with E-state index in [1.165, 1.54) is 38.9 Å². The van der Waals surface area contributed by atoms with Gasteiger partial charge in [-0.2, -0.15) is 0 Å². The molecule has 5 rings (SSSR count). The highest BCUT2D eigenvalue weighted by Gasteiger charge is 2.29. The molecule has 0 saturated carbocycles. The molecular formula is C27H30ClN3. The molecule has 1 unspecified atom stereocenters. The standard InChI is InChI=1S/C27H29N3.ClH/c1-4-25-24-13-9-8-12-22(24)15-17-29(25)27-26-23(14-16-28-27)19(2)20(3)30(26)18-21-10-6-5-7-11-21;/h5-14,16,25H,4,15,17-18H2,1-3H3;1H. The molecule has 1 aliphatic heterocycles. The summed E-state index contributed by atoms with van der Waals surface area (Å²) in [7, 11) is 0. The van der Waals surface area contributed by atoms with Gasteiger partial charge in [0.1, 0.15) is 0 Å². The summed E-state index contributed by atoms with van der Waals surface area (Å²) < 4.78 is 2.47. The molecule has 0 fully saturated rings. The Morgan fingerprint density at radius 3 is 2.48 bits per heavy atom. The zero-order chi connectivity index (χ0) is 20.7. The van der Waals surface area contributed by atoms with Crippen molar-refractivity contribution in [3.8, 4) is 0 Å². The number of aromatic nitrogens is 2. The van der Waals surface area contributed by atoms with Gasteiger partial charge in [0.25, 0.3) is 0 Å². The van der Waals surface area contributed by atoms with Gasteiger partial charge in [-0.1, -0.05) is 61.5 Å². The Bertz CT molecular complexity index is 1200. The van der Waals surface area contributed by atoms with Gasteiger partial charge >= 0.3 is 0 Å². The molecule has 2 aromatic carbocycles. The molecule has 0 saturated heterocycles. The summed E-state index contributed by atoms with van der Waals surface area (Å²) in [6.45, 7) is 8.66. The quantitative estimate of drug-likeness (QED) is 0.361. The van der Waals surface area contributed by atoms with Crippen LogP contribution in [-0.2, 0) is 13.0 Å². The van der Waals surface area contributed by atoms with Crippen molar-refractivity contribution in [1.82, 2.24) is 9.55 Å². The van der Waals surface area contributed by atoms with Gasteiger partial charge in [0.05, 0.1) is 11.6 Å². The van der Waals surface area contributed by atoms with Crippen LogP contribution >= 0.6 is 12.4 Å². The lowest BCUT2D eigenvalue weighted by Crippen LogP contribution is -2.36. The van der Waals surface area contributed by atoms with Crippen LogP contribution in [0.1, 0.15) is 47.3 Å². The van der Waals surface area contributed by atoms with Crippen molar-refractivity contribution in [2.75, 3.05) is 11.4 Å². The van der Waals surface area contributed by atoms with Crippen molar-refractivity contribution in [2.24, 2.45) is 0 Å². The summed E-state index contributed by atoms with van der Waals surface area (Å²) in [6, 6.07) is 22.2. The predicted octanol–water partition coefficient (Wildman–Crippen LogP) is 6.64. The normalized spacial score (nSPS) is 15.6. The monoisotopic (exact) mass is 431 g/mol. The minimum absolute atomic E-state index is 0. The molecule has 160 valence electrons. The molecule has 4 aromatic rings. The Morgan fingerprint density at radius 1 is 0.968 bits per heavy atom. The molecule has 1 atom stereocenters. The maximum absolute atomic E-state index is 4.96. The molecule has 0 radical (unpaired) electrons. The molecule has 0 aliphatic carbocycles. The van der Waals surface area contributed by atoms with E-state index in [1.54, 1.807) is 0 Å². The number of hydrogen-bond donors (Lipinski definition) is 0. The average molecular weight is 432 g/mol. The third-order valence-electron chi connectivity index (χ3n) is 6.78. The van der Waals surface area contributed by atoms with Crippen LogP contribution in [0.25, 0.3) is 10.9 Å². The second-order valence-corrected chi connectivity index (χ2v) is 8.38. The van der Waals surface area contributed by atoms with E-state index in [0.29, 0.717) is 6.04 Å². The maximum atomic E-state index is 4.96. The van der Waals surface area contributed by atoms with E-state index < -0.39 is 0 Å². The van der Waals surface area contributed by atoms with E-state index in [2.05, 4.69) is 90.9 Å². The minimum atomic E-state index is 0. The molecule has 4 heteroatoms. The predicted molar refractivity (Wildman–Crippen MR) is 133 cm³/mol. The first-order valence-electron chi connectivity index (χ1n) is 11.0. The van der Waals surface area contributed by atoms with Crippen LogP contribution in [0.3, 0.4) is 0 Å². The van der Waals surface area contributed by atoms with Gasteiger partial charge in [-0.15, -0.1) is 12.4 Å². The van der Waals surface area contributed by atoms with E-state index in [0.717, 1.165) is 31.7 Å². The van der Waals surface area contributed by atoms with E-state index in [4.69, 9.17) is 4.98 Å². The number of anilines is 1. The Hall–Kier alpha value is -2.78. The number of hydrogen-bond acceptors (Lipinski definition) is 2. The van der Waals surface area contributed by atoms with E-state index in [-0.39, 0.29) is 12.4 Å². The lowest BCUT2D eigenvalue weighted by molar-refractivity contribution is 0.562. The van der Waals surface area contributed by atoms with Crippen LogP contribution in [0, 0.1) is 13.8 Å². The summed E-state index contributed by atoms with van der Waals surface area (Å²) >= 11 is 0. The zero-order valence-electron chi connectivity index (χ0n) is 18.5. The van der Waals surface area contributed by atoms with Gasteiger partial charge in [0, 0.05) is 30.4 Å². The van der Waals surface area contributed by atoms with Crippen molar-refractivity contribution in [3.63, 3.8) is 0 Å². The van der Waals surface area contributed by atoms with Crippen LogP contribution in [-0.4, -0.2) is 16.1 Å². The number of aryl methyl sites for hydroxylation is 1. The molecule has 0 N–H and O–H groups in total. The van der Waals surface area contributed by atoms with Gasteiger partial charge in [-0.05, 0) is 55.0 Å². The van der Waals surface area contributed by atoms with Crippen molar-refractivity contribution in [2.45, 2.75) is 46.2 Å². The summed E-state index contributed by atoms with van der Waals surface area (Å²) in [6.07, 6.45) is 4.14. The third kappa shape index (κ3) is 3.61. The number of rotatable bonds is 4. The lowest BCUT2D eigenvalue weighted by Gasteiger charge is -2.38. The van der Waals surface area contributed by atoms with Crippen molar-refractivity contribution < 1.29 is 0 Å². The molecule has 3 heterocycles. The topological polar surface area (TPSA) is 21.1 Å². The zero-order valence-corrected chi connectivity index (χ0v) is 19.3. The Labute approximate surface area is 191 Å². The van der Waals surface area contributed by atoms with Gasteiger partial charge in [-0.3, -0.25) is 0 Å². The van der Waals surface area contributed by atoms with Crippen molar-refractivity contribution in [1.29, 1.82) is 0 Å². The van der Waals surface area contributed by atoms with Gasteiger partial charge in [0.2, 0.25) is 0 Å². The Kier molecular flexibility index (Phi) is 6.06. The third-order valence-corrected chi connectivity index (χ3v) is 6.78. The van der Waals surface area contributed by atoms with Crippen LogP contribution in [0.2, 0.25) is 0 Å². The molecule has 2 aromatic heterocycles. The fraction of sp³-hybridized carbons (Fsp3) is 0.296. The number of halogens is 1. The highest BCUT2D eigenvalue weighted by atomic mass is 35.5. The molecule has 31 heavy (non-hydrogen) atoms. The van der Waals surface area contributed by atoms with E-state index in [1.807, 2.05) is 6.20 Å². The fourth-order valence-corrected chi connectivity index (χ4v) is 5.10. The summed E-state index contributed by atoms with van der Waals surface area (Å²) in [5.74, 6) is 1.13. The van der Waals surface area contributed by atoms with Crippen LogP contribution < -0.4 is 4.90 Å². The second-order valence-electron chi connectivity index (χ2n) is 8.38. The number of pyridine rings is 1. The molecular weight excluding hydrogens is 402 g/mol.